The summed E-state index contributed by atoms with van der Waals surface area (Å²) in [7, 11) is 2.06. The molecule has 0 radical (unpaired) electrons. The highest BCUT2D eigenvalue weighted by atomic mass is 16.6. The van der Waals surface area contributed by atoms with Crippen molar-refractivity contribution in [2.45, 2.75) is 59.2 Å². The predicted molar refractivity (Wildman–Crippen MR) is 89.5 cm³/mol. The van der Waals surface area contributed by atoms with Gasteiger partial charge in [-0.1, -0.05) is 65.0 Å². The number of nitrogens with zero attached hydrogens (tertiary/aromatic N) is 1. The molecule has 1 aromatic rings. The van der Waals surface area contributed by atoms with Crippen LogP contribution >= 0.6 is 0 Å². The zero-order chi connectivity index (χ0) is 16.5. The minimum atomic E-state index is -0.180. The zero-order valence-corrected chi connectivity index (χ0v) is 14.7. The standard InChI is InChI=1S/C19H29NO2/c1-13(2)17-16(14-10-8-7-9-11-14)20(6)15(18(21)22-17)12-19(3,4)5/h7-11,13,15-17H,12H2,1-6H3/t15-,16+,17-/m0/s1. The first kappa shape index (κ1) is 17.0. The van der Waals surface area contributed by atoms with Crippen molar-refractivity contribution in [2.24, 2.45) is 11.3 Å². The van der Waals surface area contributed by atoms with Crippen molar-refractivity contribution in [3.05, 3.63) is 35.9 Å². The van der Waals surface area contributed by atoms with Crippen LogP contribution in [0, 0.1) is 11.3 Å². The summed E-state index contributed by atoms with van der Waals surface area (Å²) in [6.07, 6.45) is 0.701. The number of esters is 1. The van der Waals surface area contributed by atoms with Crippen molar-refractivity contribution >= 4 is 5.97 Å². The Hall–Kier alpha value is -1.35. The summed E-state index contributed by atoms with van der Waals surface area (Å²) in [6.45, 7) is 10.7. The van der Waals surface area contributed by atoms with Crippen LogP contribution in [0.4, 0.5) is 0 Å². The van der Waals surface area contributed by atoms with E-state index in [9.17, 15) is 4.79 Å². The van der Waals surface area contributed by atoms with Gasteiger partial charge in [0.05, 0.1) is 6.04 Å². The second kappa shape index (κ2) is 6.41. The van der Waals surface area contributed by atoms with Crippen LogP contribution in [0.15, 0.2) is 30.3 Å². The summed E-state index contributed by atoms with van der Waals surface area (Å²) in [4.78, 5) is 14.7. The van der Waals surface area contributed by atoms with Gasteiger partial charge in [0.25, 0.3) is 0 Å². The molecular formula is C19H29NO2. The van der Waals surface area contributed by atoms with Gasteiger partial charge in [-0.05, 0) is 30.4 Å². The third kappa shape index (κ3) is 3.70. The van der Waals surface area contributed by atoms with Crippen LogP contribution in [0.5, 0.6) is 0 Å². The van der Waals surface area contributed by atoms with Crippen LogP contribution in [-0.4, -0.2) is 30.1 Å². The van der Waals surface area contributed by atoms with Gasteiger partial charge in [0.1, 0.15) is 12.1 Å². The van der Waals surface area contributed by atoms with Gasteiger partial charge < -0.3 is 4.74 Å². The Balaban J connectivity index is 2.35. The van der Waals surface area contributed by atoms with Gasteiger partial charge >= 0.3 is 5.97 Å². The van der Waals surface area contributed by atoms with Gasteiger partial charge in [-0.3, -0.25) is 9.69 Å². The summed E-state index contributed by atoms with van der Waals surface area (Å²) in [5.41, 5.74) is 1.30. The fourth-order valence-corrected chi connectivity index (χ4v) is 3.25. The maximum atomic E-state index is 12.5. The number of benzene rings is 1. The second-order valence-electron chi connectivity index (χ2n) is 7.95. The van der Waals surface area contributed by atoms with Crippen molar-refractivity contribution in [1.82, 2.24) is 4.90 Å². The number of cyclic esters (lactones) is 1. The molecule has 0 aromatic heterocycles. The Bertz CT molecular complexity index is 504. The summed E-state index contributed by atoms with van der Waals surface area (Å²) in [5, 5.41) is 0. The number of ether oxygens (including phenoxy) is 1. The Morgan fingerprint density at radius 3 is 2.27 bits per heavy atom. The number of hydrogen-bond donors (Lipinski definition) is 0. The summed E-state index contributed by atoms with van der Waals surface area (Å²) < 4.78 is 5.86. The molecule has 1 aliphatic rings. The molecule has 1 aliphatic heterocycles. The third-order valence-corrected chi connectivity index (χ3v) is 4.37. The van der Waals surface area contributed by atoms with E-state index in [1.54, 1.807) is 0 Å². The van der Waals surface area contributed by atoms with Crippen LogP contribution in [0.2, 0.25) is 0 Å². The van der Waals surface area contributed by atoms with E-state index >= 15 is 0 Å². The summed E-state index contributed by atoms with van der Waals surface area (Å²) in [6, 6.07) is 10.3. The number of likely N-dealkylation sites (N-methyl/N-ethyl adjacent to an activating group) is 1. The molecule has 0 saturated carbocycles. The van der Waals surface area contributed by atoms with Crippen molar-refractivity contribution < 1.29 is 9.53 Å². The quantitative estimate of drug-likeness (QED) is 0.789. The molecule has 3 nitrogen and oxygen atoms in total. The van der Waals surface area contributed by atoms with Crippen molar-refractivity contribution in [3.63, 3.8) is 0 Å². The van der Waals surface area contributed by atoms with Crippen LogP contribution < -0.4 is 0 Å². The van der Waals surface area contributed by atoms with Gasteiger partial charge in [-0.15, -0.1) is 0 Å². The topological polar surface area (TPSA) is 29.5 Å². The molecule has 22 heavy (non-hydrogen) atoms. The highest BCUT2D eigenvalue weighted by Gasteiger charge is 2.44. The van der Waals surface area contributed by atoms with E-state index in [-0.39, 0.29) is 35.5 Å². The Labute approximate surface area is 134 Å². The lowest BCUT2D eigenvalue weighted by atomic mass is 9.83. The Morgan fingerprint density at radius 2 is 1.77 bits per heavy atom. The predicted octanol–water partition coefficient (Wildman–Crippen LogP) is 4.05. The molecule has 0 N–H and O–H groups in total. The lowest BCUT2D eigenvalue weighted by molar-refractivity contribution is -0.179. The van der Waals surface area contributed by atoms with Gasteiger partial charge in [-0.2, -0.15) is 0 Å². The lowest BCUT2D eigenvalue weighted by Gasteiger charge is -2.46. The molecule has 3 atom stereocenters. The van der Waals surface area contributed by atoms with E-state index in [1.165, 1.54) is 5.56 Å². The second-order valence-corrected chi connectivity index (χ2v) is 7.95. The smallest absolute Gasteiger partial charge is 0.323 e. The van der Waals surface area contributed by atoms with E-state index in [0.29, 0.717) is 0 Å². The molecule has 0 amide bonds. The van der Waals surface area contributed by atoms with E-state index < -0.39 is 0 Å². The van der Waals surface area contributed by atoms with E-state index in [1.807, 2.05) is 6.07 Å². The van der Waals surface area contributed by atoms with Crippen molar-refractivity contribution in [1.29, 1.82) is 0 Å². The average molecular weight is 303 g/mol. The summed E-state index contributed by atoms with van der Waals surface area (Å²) >= 11 is 0. The average Bonchev–Trinajstić information content (AvgIpc) is 2.42. The molecular weight excluding hydrogens is 274 g/mol. The van der Waals surface area contributed by atoms with Crippen LogP contribution in [0.1, 0.15) is 52.6 Å². The normalized spacial score (nSPS) is 27.0. The molecule has 0 aliphatic carbocycles. The molecule has 1 heterocycles. The van der Waals surface area contributed by atoms with Crippen molar-refractivity contribution in [2.75, 3.05) is 7.05 Å². The first-order valence-corrected chi connectivity index (χ1v) is 8.18. The van der Waals surface area contributed by atoms with Gasteiger partial charge in [-0.25, -0.2) is 0 Å². The summed E-state index contributed by atoms with van der Waals surface area (Å²) in [5.74, 6) is 0.204. The number of carbonyl (C=O) groups is 1. The minimum Gasteiger partial charge on any atom is -0.459 e. The molecule has 1 saturated heterocycles. The monoisotopic (exact) mass is 303 g/mol. The number of morpholine rings is 1. The first-order valence-electron chi connectivity index (χ1n) is 8.18. The fourth-order valence-electron chi connectivity index (χ4n) is 3.25. The van der Waals surface area contributed by atoms with E-state index in [4.69, 9.17) is 4.74 Å². The van der Waals surface area contributed by atoms with Gasteiger partial charge in [0.15, 0.2) is 0 Å². The van der Waals surface area contributed by atoms with Crippen LogP contribution in [0.25, 0.3) is 0 Å². The number of carbonyl (C=O) groups excluding carboxylic acids is 1. The molecule has 2 rings (SSSR count). The lowest BCUT2D eigenvalue weighted by Crippen LogP contribution is -2.55. The highest BCUT2D eigenvalue weighted by Crippen LogP contribution is 2.38. The number of hydrogen-bond acceptors (Lipinski definition) is 3. The maximum absolute atomic E-state index is 12.5. The minimum absolute atomic E-state index is 0.0803. The molecule has 122 valence electrons. The molecule has 3 heteroatoms. The molecule has 0 unspecified atom stereocenters. The SMILES string of the molecule is CC(C)[C@@H]1OC(=O)[C@H](CC(C)(C)C)N(C)[C@@H]1c1ccccc1. The third-order valence-electron chi connectivity index (χ3n) is 4.37. The largest absolute Gasteiger partial charge is 0.459 e. The van der Waals surface area contributed by atoms with Crippen LogP contribution in [-0.2, 0) is 9.53 Å². The zero-order valence-electron chi connectivity index (χ0n) is 14.7. The van der Waals surface area contributed by atoms with E-state index in [0.717, 1.165) is 6.42 Å². The Kier molecular flexibility index (Phi) is 4.96. The molecule has 0 spiro atoms. The molecule has 1 aromatic carbocycles. The molecule has 0 bridgehead atoms. The number of rotatable bonds is 3. The van der Waals surface area contributed by atoms with Gasteiger partial charge in [0, 0.05) is 0 Å². The van der Waals surface area contributed by atoms with Crippen LogP contribution in [0.3, 0.4) is 0 Å². The van der Waals surface area contributed by atoms with E-state index in [2.05, 4.69) is 70.8 Å². The first-order chi connectivity index (χ1) is 10.2. The maximum Gasteiger partial charge on any atom is 0.323 e. The Morgan fingerprint density at radius 1 is 1.18 bits per heavy atom. The molecule has 1 fully saturated rings. The van der Waals surface area contributed by atoms with Crippen molar-refractivity contribution in [3.8, 4) is 0 Å². The highest BCUT2D eigenvalue weighted by molar-refractivity contribution is 5.77. The van der Waals surface area contributed by atoms with Gasteiger partial charge in [0.2, 0.25) is 0 Å². The fraction of sp³-hybridized carbons (Fsp3) is 0.632.